The SMILES string of the molecule is CCNC(=NCc1cccc(N(C)C)c1)NCc1ncc(C)s1. The Morgan fingerprint density at radius 3 is 2.78 bits per heavy atom. The normalized spacial score (nSPS) is 11.4. The van der Waals surface area contributed by atoms with Crippen molar-refractivity contribution in [1.82, 2.24) is 15.6 Å². The molecule has 5 nitrogen and oxygen atoms in total. The van der Waals surface area contributed by atoms with Crippen molar-refractivity contribution < 1.29 is 0 Å². The van der Waals surface area contributed by atoms with Gasteiger partial charge in [0.2, 0.25) is 0 Å². The summed E-state index contributed by atoms with van der Waals surface area (Å²) >= 11 is 1.71. The number of thiazole rings is 1. The van der Waals surface area contributed by atoms with E-state index in [2.05, 4.69) is 63.6 Å². The Morgan fingerprint density at radius 1 is 1.30 bits per heavy atom. The van der Waals surface area contributed by atoms with Gasteiger partial charge >= 0.3 is 0 Å². The molecule has 124 valence electrons. The first kappa shape index (κ1) is 17.3. The fraction of sp³-hybridized carbons (Fsp3) is 0.412. The molecule has 2 aromatic rings. The molecule has 0 saturated heterocycles. The van der Waals surface area contributed by atoms with Crippen LogP contribution in [0.3, 0.4) is 0 Å². The molecule has 0 atom stereocenters. The van der Waals surface area contributed by atoms with Gasteiger partial charge in [-0.05, 0) is 31.5 Å². The summed E-state index contributed by atoms with van der Waals surface area (Å²) < 4.78 is 0. The fourth-order valence-corrected chi connectivity index (χ4v) is 2.81. The molecule has 0 unspecified atom stereocenters. The van der Waals surface area contributed by atoms with Crippen LogP contribution in [-0.4, -0.2) is 31.6 Å². The van der Waals surface area contributed by atoms with Crippen LogP contribution >= 0.6 is 11.3 Å². The third-order valence-electron chi connectivity index (χ3n) is 3.27. The molecule has 1 aromatic heterocycles. The van der Waals surface area contributed by atoms with Gasteiger partial charge in [-0.2, -0.15) is 0 Å². The third kappa shape index (κ3) is 5.56. The molecule has 0 aliphatic rings. The van der Waals surface area contributed by atoms with Gasteiger partial charge in [0.1, 0.15) is 5.01 Å². The number of anilines is 1. The van der Waals surface area contributed by atoms with Crippen molar-refractivity contribution in [3.8, 4) is 0 Å². The van der Waals surface area contributed by atoms with Gasteiger partial charge in [-0.3, -0.25) is 0 Å². The van der Waals surface area contributed by atoms with E-state index in [4.69, 9.17) is 0 Å². The molecule has 0 radical (unpaired) electrons. The second-order valence-electron chi connectivity index (χ2n) is 5.48. The van der Waals surface area contributed by atoms with Gasteiger partial charge in [-0.25, -0.2) is 9.98 Å². The summed E-state index contributed by atoms with van der Waals surface area (Å²) in [6, 6.07) is 8.43. The average Bonchev–Trinajstić information content (AvgIpc) is 2.96. The van der Waals surface area contributed by atoms with Crippen LogP contribution in [-0.2, 0) is 13.1 Å². The number of nitrogens with one attached hydrogen (secondary N) is 2. The van der Waals surface area contributed by atoms with E-state index in [1.807, 2.05) is 20.3 Å². The highest BCUT2D eigenvalue weighted by Gasteiger charge is 2.02. The molecule has 0 fully saturated rings. The Hall–Kier alpha value is -2.08. The number of hydrogen-bond acceptors (Lipinski definition) is 4. The molecule has 0 bridgehead atoms. The molecular formula is C17H25N5S. The molecule has 0 amide bonds. The molecule has 2 N–H and O–H groups in total. The van der Waals surface area contributed by atoms with Gasteiger partial charge < -0.3 is 15.5 Å². The Kier molecular flexibility index (Phi) is 6.40. The number of rotatable bonds is 6. The lowest BCUT2D eigenvalue weighted by Crippen LogP contribution is -2.36. The zero-order chi connectivity index (χ0) is 16.7. The summed E-state index contributed by atoms with van der Waals surface area (Å²) in [7, 11) is 4.09. The summed E-state index contributed by atoms with van der Waals surface area (Å²) in [5.41, 5.74) is 2.38. The van der Waals surface area contributed by atoms with Crippen molar-refractivity contribution >= 4 is 23.0 Å². The van der Waals surface area contributed by atoms with Crippen LogP contribution in [0.15, 0.2) is 35.5 Å². The highest BCUT2D eigenvalue weighted by molar-refractivity contribution is 7.11. The second-order valence-corrected chi connectivity index (χ2v) is 6.80. The maximum Gasteiger partial charge on any atom is 0.191 e. The van der Waals surface area contributed by atoms with Gasteiger partial charge in [0.25, 0.3) is 0 Å². The number of benzene rings is 1. The van der Waals surface area contributed by atoms with Crippen molar-refractivity contribution in [2.24, 2.45) is 4.99 Å². The summed E-state index contributed by atoms with van der Waals surface area (Å²) in [6.45, 7) is 6.31. The lowest BCUT2D eigenvalue weighted by atomic mass is 10.2. The standard InChI is InChI=1S/C17H25N5S/c1-5-18-17(21-12-16-19-10-13(2)23-16)20-11-14-7-6-8-15(9-14)22(3)4/h6-10H,5,11-12H2,1-4H3,(H2,18,20,21). The van der Waals surface area contributed by atoms with Crippen LogP contribution in [0.25, 0.3) is 0 Å². The van der Waals surface area contributed by atoms with E-state index in [9.17, 15) is 0 Å². The van der Waals surface area contributed by atoms with Crippen LogP contribution in [0.2, 0.25) is 0 Å². The number of aryl methyl sites for hydroxylation is 1. The molecule has 0 aliphatic heterocycles. The quantitative estimate of drug-likeness (QED) is 0.631. The predicted octanol–water partition coefficient (Wildman–Crippen LogP) is 2.77. The Balaban J connectivity index is 1.99. The first-order valence-corrected chi connectivity index (χ1v) is 8.60. The Labute approximate surface area is 142 Å². The van der Waals surface area contributed by atoms with Crippen molar-refractivity contribution in [2.45, 2.75) is 26.9 Å². The maximum atomic E-state index is 4.66. The lowest BCUT2D eigenvalue weighted by Gasteiger charge is -2.13. The second kappa shape index (κ2) is 8.53. The van der Waals surface area contributed by atoms with Gasteiger partial charge in [0.05, 0.1) is 13.1 Å². The molecule has 1 heterocycles. The summed E-state index contributed by atoms with van der Waals surface area (Å²) in [6.07, 6.45) is 1.90. The van der Waals surface area contributed by atoms with Gasteiger partial charge in [0, 0.05) is 37.4 Å². The molecule has 1 aromatic carbocycles. The van der Waals surface area contributed by atoms with Crippen LogP contribution in [0.4, 0.5) is 5.69 Å². The van der Waals surface area contributed by atoms with Crippen LogP contribution in [0.1, 0.15) is 22.4 Å². The first-order valence-electron chi connectivity index (χ1n) is 7.78. The topological polar surface area (TPSA) is 52.6 Å². The van der Waals surface area contributed by atoms with Gasteiger partial charge in [0.15, 0.2) is 5.96 Å². The molecule has 23 heavy (non-hydrogen) atoms. The third-order valence-corrected chi connectivity index (χ3v) is 4.18. The van der Waals surface area contributed by atoms with E-state index in [-0.39, 0.29) is 0 Å². The first-order chi connectivity index (χ1) is 11.1. The van der Waals surface area contributed by atoms with Crippen molar-refractivity contribution in [3.63, 3.8) is 0 Å². The van der Waals surface area contributed by atoms with Crippen LogP contribution in [0.5, 0.6) is 0 Å². The number of aromatic nitrogens is 1. The molecule has 0 saturated carbocycles. The maximum absolute atomic E-state index is 4.66. The van der Waals surface area contributed by atoms with E-state index >= 15 is 0 Å². The average molecular weight is 331 g/mol. The van der Waals surface area contributed by atoms with E-state index in [0.717, 1.165) is 17.5 Å². The summed E-state index contributed by atoms with van der Waals surface area (Å²) in [5.74, 6) is 0.815. The van der Waals surface area contributed by atoms with Crippen molar-refractivity contribution in [1.29, 1.82) is 0 Å². The highest BCUT2D eigenvalue weighted by atomic mass is 32.1. The molecule has 0 spiro atoms. The zero-order valence-corrected chi connectivity index (χ0v) is 15.1. The van der Waals surface area contributed by atoms with Gasteiger partial charge in [-0.1, -0.05) is 12.1 Å². The minimum atomic E-state index is 0.647. The largest absolute Gasteiger partial charge is 0.378 e. The number of hydrogen-bond donors (Lipinski definition) is 2. The van der Waals surface area contributed by atoms with E-state index in [1.165, 1.54) is 16.1 Å². The number of guanidine groups is 1. The minimum absolute atomic E-state index is 0.647. The van der Waals surface area contributed by atoms with Crippen LogP contribution < -0.4 is 15.5 Å². The predicted molar refractivity (Wildman–Crippen MR) is 99.3 cm³/mol. The smallest absolute Gasteiger partial charge is 0.191 e. The van der Waals surface area contributed by atoms with Crippen LogP contribution in [0, 0.1) is 6.92 Å². The highest BCUT2D eigenvalue weighted by Crippen LogP contribution is 2.14. The lowest BCUT2D eigenvalue weighted by molar-refractivity contribution is 0.811. The molecule has 6 heteroatoms. The van der Waals surface area contributed by atoms with Crippen molar-refractivity contribution in [2.75, 3.05) is 25.5 Å². The number of aliphatic imine (C=N–C) groups is 1. The van der Waals surface area contributed by atoms with Crippen molar-refractivity contribution in [3.05, 3.63) is 45.9 Å². The molecule has 0 aliphatic carbocycles. The van der Waals surface area contributed by atoms with E-state index < -0.39 is 0 Å². The zero-order valence-electron chi connectivity index (χ0n) is 14.3. The number of nitrogens with zero attached hydrogens (tertiary/aromatic N) is 3. The Morgan fingerprint density at radius 2 is 2.13 bits per heavy atom. The minimum Gasteiger partial charge on any atom is -0.378 e. The van der Waals surface area contributed by atoms with E-state index in [0.29, 0.717) is 13.1 Å². The van der Waals surface area contributed by atoms with Gasteiger partial charge in [-0.15, -0.1) is 11.3 Å². The fourth-order valence-electron chi connectivity index (χ4n) is 2.09. The summed E-state index contributed by atoms with van der Waals surface area (Å²) in [5, 5.41) is 7.68. The monoisotopic (exact) mass is 331 g/mol. The Bertz CT molecular complexity index is 648. The molecule has 2 rings (SSSR count). The van der Waals surface area contributed by atoms with E-state index in [1.54, 1.807) is 11.3 Å². The summed E-state index contributed by atoms with van der Waals surface area (Å²) in [4.78, 5) is 12.3. The molecular weight excluding hydrogens is 306 g/mol.